The van der Waals surface area contributed by atoms with Gasteiger partial charge in [-0.2, -0.15) is 52.5 Å². The summed E-state index contributed by atoms with van der Waals surface area (Å²) in [6, 6.07) is 15.1. The van der Waals surface area contributed by atoms with Crippen molar-refractivity contribution >= 4 is 87.3 Å². The Morgan fingerprint density at radius 2 is 0.978 bits per heavy atom. The summed E-state index contributed by atoms with van der Waals surface area (Å²) >= 11 is 3.47. The van der Waals surface area contributed by atoms with Crippen molar-refractivity contribution in [2.45, 2.75) is 176 Å². The number of rotatable bonds is 27. The van der Waals surface area contributed by atoms with E-state index in [0.29, 0.717) is 75.1 Å². The van der Waals surface area contributed by atoms with E-state index in [9.17, 15) is 80.5 Å². The minimum absolute atomic E-state index is 0.0963. The Bertz CT molecular complexity index is 3380. The van der Waals surface area contributed by atoms with Crippen molar-refractivity contribution in [2.75, 3.05) is 39.4 Å². The summed E-state index contributed by atoms with van der Waals surface area (Å²) in [6.07, 6.45) is -4.67. The van der Waals surface area contributed by atoms with Gasteiger partial charge in [-0.3, -0.25) is 19.6 Å². The second-order valence-electron chi connectivity index (χ2n) is 22.4. The highest BCUT2D eigenvalue weighted by Gasteiger charge is 2.57. The summed E-state index contributed by atoms with van der Waals surface area (Å²) in [5.41, 5.74) is 0.480. The van der Waals surface area contributed by atoms with Crippen molar-refractivity contribution in [3.63, 3.8) is 0 Å². The van der Waals surface area contributed by atoms with Gasteiger partial charge in [0.1, 0.15) is 22.7 Å². The zero-order chi connectivity index (χ0) is 65.6. The van der Waals surface area contributed by atoms with Crippen LogP contribution in [0.5, 0.6) is 0 Å². The van der Waals surface area contributed by atoms with E-state index in [1.54, 1.807) is 22.9 Å². The molecule has 0 saturated carbocycles. The SMILES string of the molecule is C=CS(=O)(=O)N1CCC2(CC1)N=C(CCCCCCCC(F)(F)C(F)(F)F)NC2=O.O=C1NC(CCCCCCCC(F)(F)C(F)(F)F)=NC12CCN(S(=O)(=O)/C=C/c1cccc3c1ccn3C[C@H](O)CO)CC2.OC[C@@H](O)Cn1ccc2c(Br)cccc21. The van der Waals surface area contributed by atoms with Crippen LogP contribution < -0.4 is 10.6 Å². The number of amidine groups is 2. The average Bonchev–Trinajstić information content (AvgIpc) is 1.86. The number of nitrogens with one attached hydrogen (secondary N) is 2. The number of hydrogen-bond acceptors (Lipinski definition) is 12. The number of piperidine rings is 2. The molecule has 0 bridgehead atoms. The maximum atomic E-state index is 13.1. The Hall–Kier alpha value is -5.28. The first-order chi connectivity index (χ1) is 41.7. The highest BCUT2D eigenvalue weighted by molar-refractivity contribution is 9.10. The van der Waals surface area contributed by atoms with Gasteiger partial charge in [0.05, 0.1) is 38.5 Å². The summed E-state index contributed by atoms with van der Waals surface area (Å²) in [6.45, 7) is 3.82. The Labute approximate surface area is 518 Å². The van der Waals surface area contributed by atoms with Crippen LogP contribution in [0.4, 0.5) is 43.9 Å². The number of aromatic nitrogens is 2. The van der Waals surface area contributed by atoms with Crippen LogP contribution in [0.25, 0.3) is 27.9 Å². The summed E-state index contributed by atoms with van der Waals surface area (Å²) in [7, 11) is -7.34. The van der Waals surface area contributed by atoms with Gasteiger partial charge in [0, 0.05) is 101 Å². The molecule has 18 nitrogen and oxygen atoms in total. The molecule has 2 atom stereocenters. The summed E-state index contributed by atoms with van der Waals surface area (Å²) in [4.78, 5) is 34.2. The number of halogens is 11. The summed E-state index contributed by atoms with van der Waals surface area (Å²) in [5, 5.41) is 46.5. The number of aliphatic imine (C=N–C) groups is 2. The number of aliphatic hydroxyl groups is 4. The Morgan fingerprint density at radius 1 is 0.584 bits per heavy atom. The van der Waals surface area contributed by atoms with E-state index < -0.39 is 80.4 Å². The molecule has 4 aromatic rings. The molecular formula is C58H75BrF10N8O10S2. The van der Waals surface area contributed by atoms with Gasteiger partial charge in [-0.05, 0) is 93.3 Å². The molecule has 6 N–H and O–H groups in total. The number of carbonyl (C=O) groups is 2. The van der Waals surface area contributed by atoms with E-state index in [4.69, 9.17) is 10.2 Å². The lowest BCUT2D eigenvalue weighted by Crippen LogP contribution is -2.50. The Balaban J connectivity index is 0.000000240. The zero-order valence-corrected chi connectivity index (χ0v) is 51.9. The minimum Gasteiger partial charge on any atom is -0.394 e. The van der Waals surface area contributed by atoms with Crippen LogP contribution in [0, 0.1) is 0 Å². The van der Waals surface area contributed by atoms with Crippen molar-refractivity contribution in [1.29, 1.82) is 0 Å². The van der Waals surface area contributed by atoms with E-state index in [-0.39, 0.29) is 109 Å². The van der Waals surface area contributed by atoms with Crippen molar-refractivity contribution in [3.8, 4) is 0 Å². The van der Waals surface area contributed by atoms with Crippen molar-refractivity contribution < 1.29 is 90.8 Å². The molecular weight excluding hydrogens is 1300 g/mol. The first-order valence-electron chi connectivity index (χ1n) is 29.1. The third-order valence-corrected chi connectivity index (χ3v) is 19.8. The smallest absolute Gasteiger partial charge is 0.394 e. The molecule has 496 valence electrons. The van der Waals surface area contributed by atoms with E-state index in [1.807, 2.05) is 47.2 Å². The number of aliphatic hydroxyl groups excluding tert-OH is 4. The number of benzene rings is 2. The minimum atomic E-state index is -5.53. The van der Waals surface area contributed by atoms with Crippen molar-refractivity contribution in [2.24, 2.45) is 9.98 Å². The zero-order valence-electron chi connectivity index (χ0n) is 48.6. The molecule has 2 aromatic heterocycles. The van der Waals surface area contributed by atoms with Gasteiger partial charge in [0.15, 0.2) is 0 Å². The van der Waals surface area contributed by atoms with E-state index in [0.717, 1.165) is 37.1 Å². The molecule has 31 heteroatoms. The first-order valence-corrected chi connectivity index (χ1v) is 32.9. The number of amides is 2. The van der Waals surface area contributed by atoms with Crippen LogP contribution in [0.2, 0.25) is 0 Å². The standard InChI is InChI=1S/C29H37F5N4O5S.C18H26F5N3O3S.C11H12BrNO2/c30-28(31,29(32,33)34)12-5-3-1-2-4-9-25-35-26(41)27(36-25)13-16-38(17-14-27)44(42,43)18-11-21-7-6-8-24-23(21)10-15-37(24)19-22(40)20-39;1-2-30(28,29)26-12-10-16(11-13-26)15(27)24-14(25-16)8-6-4-3-5-7-9-17(19,20)18(21,22)23;12-10-2-1-3-11-9(10)4-5-13(11)6-8(15)7-14/h6-8,10-11,15,18,22,39-40H,1-5,9,12-14,16-17,19-20H2,(H,35,36,41);2H,1,3-13H2,(H,24,25,27);1-5,8,14-15H,6-7H2/b18-11+;;/t22-;;8-/m0.0/s1. The molecule has 2 spiro atoms. The normalized spacial score (nSPS) is 18.4. The predicted molar refractivity (Wildman–Crippen MR) is 320 cm³/mol. The number of carbonyl (C=O) groups excluding carboxylic acids is 2. The number of sulfonamides is 2. The van der Waals surface area contributed by atoms with Gasteiger partial charge in [0.25, 0.3) is 11.8 Å². The molecule has 2 aromatic carbocycles. The molecule has 89 heavy (non-hydrogen) atoms. The summed E-state index contributed by atoms with van der Waals surface area (Å²) in [5.74, 6) is -8.90. The fraction of sp³-hybridized carbons (Fsp3) is 0.586. The second kappa shape index (κ2) is 30.9. The Kier molecular flexibility index (Phi) is 25.3. The molecule has 2 fully saturated rings. The maximum Gasteiger partial charge on any atom is 0.453 e. The monoisotopic (exact) mass is 1380 g/mol. The van der Waals surface area contributed by atoms with Gasteiger partial charge < -0.3 is 40.2 Å². The number of hydrogen-bond donors (Lipinski definition) is 6. The van der Waals surface area contributed by atoms with Crippen LogP contribution >= 0.6 is 15.9 Å². The van der Waals surface area contributed by atoms with Crippen LogP contribution in [0.3, 0.4) is 0 Å². The van der Waals surface area contributed by atoms with Gasteiger partial charge in [-0.25, -0.2) is 16.8 Å². The molecule has 4 aliphatic rings. The number of unbranched alkanes of at least 4 members (excludes halogenated alkanes) is 8. The molecule has 4 aliphatic heterocycles. The highest BCUT2D eigenvalue weighted by Crippen LogP contribution is 2.41. The molecule has 0 unspecified atom stereocenters. The fourth-order valence-corrected chi connectivity index (χ4v) is 13.3. The van der Waals surface area contributed by atoms with E-state index >= 15 is 0 Å². The van der Waals surface area contributed by atoms with Crippen LogP contribution in [-0.4, -0.2) is 165 Å². The lowest BCUT2D eigenvalue weighted by Gasteiger charge is -2.34. The van der Waals surface area contributed by atoms with Gasteiger partial charge in [-0.15, -0.1) is 0 Å². The van der Waals surface area contributed by atoms with Crippen LogP contribution in [-0.2, 0) is 42.7 Å². The van der Waals surface area contributed by atoms with Gasteiger partial charge in [0.2, 0.25) is 20.0 Å². The van der Waals surface area contributed by atoms with E-state index in [1.165, 1.54) is 14.7 Å². The topological polar surface area (TPSA) is 248 Å². The second-order valence-corrected chi connectivity index (χ2v) is 27.0. The first kappa shape index (κ1) is 72.8. The molecule has 0 aliphatic carbocycles. The largest absolute Gasteiger partial charge is 0.453 e. The molecule has 2 saturated heterocycles. The lowest BCUT2D eigenvalue weighted by atomic mass is 9.89. The van der Waals surface area contributed by atoms with Gasteiger partial charge >= 0.3 is 24.2 Å². The molecule has 8 rings (SSSR count). The number of nitrogens with zero attached hydrogens (tertiary/aromatic N) is 6. The molecule has 6 heterocycles. The van der Waals surface area contributed by atoms with Crippen molar-refractivity contribution in [1.82, 2.24) is 28.4 Å². The summed E-state index contributed by atoms with van der Waals surface area (Å²) < 4.78 is 182. The average molecular weight is 1380 g/mol. The highest BCUT2D eigenvalue weighted by atomic mass is 79.9. The van der Waals surface area contributed by atoms with Crippen LogP contribution in [0.1, 0.15) is 121 Å². The Morgan fingerprint density at radius 3 is 1.40 bits per heavy atom. The lowest BCUT2D eigenvalue weighted by molar-refractivity contribution is -0.284. The predicted octanol–water partition coefficient (Wildman–Crippen LogP) is 10.1. The maximum absolute atomic E-state index is 13.1. The van der Waals surface area contributed by atoms with Crippen LogP contribution in [0.15, 0.2) is 92.8 Å². The molecule has 0 radical (unpaired) electrons. The quantitative estimate of drug-likeness (QED) is 0.0243. The number of fused-ring (bicyclic) bond motifs is 2. The third kappa shape index (κ3) is 19.2. The van der Waals surface area contributed by atoms with E-state index in [2.05, 4.69) is 43.1 Å². The van der Waals surface area contributed by atoms with Crippen molar-refractivity contribution in [3.05, 3.63) is 88.4 Å². The third-order valence-electron chi connectivity index (χ3n) is 16.0. The fourth-order valence-electron chi connectivity index (χ4n) is 10.7. The molecule has 2 amide bonds. The number of alkyl halides is 10. The van der Waals surface area contributed by atoms with Gasteiger partial charge in [-0.1, -0.05) is 79.2 Å².